The first-order valence-corrected chi connectivity index (χ1v) is 6.38. The van der Waals surface area contributed by atoms with E-state index < -0.39 is 11.2 Å². The molecule has 3 rings (SSSR count). The summed E-state index contributed by atoms with van der Waals surface area (Å²) in [5.74, 6) is 0.463. The van der Waals surface area contributed by atoms with E-state index in [1.54, 1.807) is 0 Å². The number of aromatic nitrogens is 4. The zero-order valence-electron chi connectivity index (χ0n) is 10.3. The van der Waals surface area contributed by atoms with Gasteiger partial charge in [-0.3, -0.25) is 14.8 Å². The molecule has 0 saturated heterocycles. The van der Waals surface area contributed by atoms with Gasteiger partial charge in [-0.1, -0.05) is 12.8 Å². The Morgan fingerprint density at radius 3 is 2.74 bits per heavy atom. The maximum atomic E-state index is 11.6. The lowest BCUT2D eigenvalue weighted by atomic mass is 9.91. The van der Waals surface area contributed by atoms with E-state index in [9.17, 15) is 9.59 Å². The van der Waals surface area contributed by atoms with Crippen molar-refractivity contribution in [1.82, 2.24) is 19.9 Å². The summed E-state index contributed by atoms with van der Waals surface area (Å²) in [6.45, 7) is 0. The predicted octanol–water partition coefficient (Wildman–Crippen LogP) is -0.379. The quantitative estimate of drug-likeness (QED) is 0.504. The molecule has 0 bridgehead atoms. The van der Waals surface area contributed by atoms with Crippen LogP contribution in [-0.4, -0.2) is 32.0 Å². The summed E-state index contributed by atoms with van der Waals surface area (Å²) in [4.78, 5) is 34.4. The summed E-state index contributed by atoms with van der Waals surface area (Å²) in [6.07, 6.45) is 4.23. The van der Waals surface area contributed by atoms with E-state index in [2.05, 4.69) is 25.3 Å². The highest BCUT2D eigenvalue weighted by molar-refractivity contribution is 5.71. The maximum absolute atomic E-state index is 11.6. The van der Waals surface area contributed by atoms with Crippen molar-refractivity contribution in [2.24, 2.45) is 5.73 Å². The normalized spacial score (nSPS) is 23.6. The standard InChI is InChI=1S/C11H16N6O2/c12-5-3-1-2-4-6(5)13-10-14-7-8(15-10)16-11(19)17-9(7)18/h5-6H,1-4,12H2,(H4,13,14,15,16,17,18,19). The molecule has 8 nitrogen and oxygen atoms in total. The minimum atomic E-state index is -0.565. The largest absolute Gasteiger partial charge is 0.351 e. The van der Waals surface area contributed by atoms with Gasteiger partial charge in [0.15, 0.2) is 11.2 Å². The highest BCUT2D eigenvalue weighted by atomic mass is 16.2. The van der Waals surface area contributed by atoms with Gasteiger partial charge in [0.25, 0.3) is 5.56 Å². The van der Waals surface area contributed by atoms with E-state index >= 15 is 0 Å². The number of aromatic amines is 3. The van der Waals surface area contributed by atoms with Crippen molar-refractivity contribution in [3.05, 3.63) is 20.8 Å². The SMILES string of the molecule is NC1CCCCC1Nc1nc2[nH]c(=O)[nH]c(=O)c2[nH]1. The molecule has 0 radical (unpaired) electrons. The van der Waals surface area contributed by atoms with Crippen molar-refractivity contribution in [3.8, 4) is 0 Å². The van der Waals surface area contributed by atoms with E-state index in [1.165, 1.54) is 0 Å². The fourth-order valence-corrected chi connectivity index (χ4v) is 2.52. The Kier molecular flexibility index (Phi) is 2.86. The average Bonchev–Trinajstić information content (AvgIpc) is 2.75. The van der Waals surface area contributed by atoms with Crippen LogP contribution >= 0.6 is 0 Å². The second kappa shape index (κ2) is 4.54. The monoisotopic (exact) mass is 264 g/mol. The molecule has 2 heterocycles. The van der Waals surface area contributed by atoms with E-state index in [1.807, 2.05) is 0 Å². The minimum absolute atomic E-state index is 0.0827. The number of hydrogen-bond donors (Lipinski definition) is 5. The third-order valence-electron chi connectivity index (χ3n) is 3.53. The van der Waals surface area contributed by atoms with Crippen molar-refractivity contribution in [2.75, 3.05) is 5.32 Å². The first-order chi connectivity index (χ1) is 9.13. The van der Waals surface area contributed by atoms with Crippen LogP contribution in [0.5, 0.6) is 0 Å². The molecular formula is C11H16N6O2. The Bertz CT molecular complexity index is 699. The van der Waals surface area contributed by atoms with Gasteiger partial charge in [0, 0.05) is 12.1 Å². The zero-order chi connectivity index (χ0) is 13.4. The van der Waals surface area contributed by atoms with Gasteiger partial charge in [0.05, 0.1) is 0 Å². The highest BCUT2D eigenvalue weighted by Gasteiger charge is 2.22. The molecule has 2 unspecified atom stereocenters. The van der Waals surface area contributed by atoms with E-state index in [4.69, 9.17) is 5.73 Å². The fourth-order valence-electron chi connectivity index (χ4n) is 2.52. The second-order valence-electron chi connectivity index (χ2n) is 4.92. The number of nitrogens with zero attached hydrogens (tertiary/aromatic N) is 1. The van der Waals surface area contributed by atoms with Gasteiger partial charge in [-0.15, -0.1) is 0 Å². The number of hydrogen-bond acceptors (Lipinski definition) is 5. The van der Waals surface area contributed by atoms with Gasteiger partial charge in [0.2, 0.25) is 5.95 Å². The van der Waals surface area contributed by atoms with Crippen LogP contribution in [0, 0.1) is 0 Å². The topological polar surface area (TPSA) is 132 Å². The molecule has 6 N–H and O–H groups in total. The van der Waals surface area contributed by atoms with Crippen molar-refractivity contribution < 1.29 is 0 Å². The number of fused-ring (bicyclic) bond motifs is 1. The highest BCUT2D eigenvalue weighted by Crippen LogP contribution is 2.20. The Morgan fingerprint density at radius 1 is 1.16 bits per heavy atom. The van der Waals surface area contributed by atoms with Crippen LogP contribution in [0.25, 0.3) is 11.2 Å². The van der Waals surface area contributed by atoms with Crippen LogP contribution in [-0.2, 0) is 0 Å². The van der Waals surface area contributed by atoms with Crippen LogP contribution in [0.3, 0.4) is 0 Å². The number of rotatable bonds is 2. The number of imidazole rings is 1. The number of nitrogens with two attached hydrogens (primary N) is 1. The molecule has 1 aliphatic carbocycles. The molecule has 2 aromatic rings. The van der Waals surface area contributed by atoms with Crippen LogP contribution in [0.15, 0.2) is 9.59 Å². The molecular weight excluding hydrogens is 248 g/mol. The van der Waals surface area contributed by atoms with Crippen molar-refractivity contribution >= 4 is 17.1 Å². The van der Waals surface area contributed by atoms with Crippen LogP contribution in [0.2, 0.25) is 0 Å². The third kappa shape index (κ3) is 2.26. The fraction of sp³-hybridized carbons (Fsp3) is 0.545. The second-order valence-corrected chi connectivity index (χ2v) is 4.92. The van der Waals surface area contributed by atoms with Gasteiger partial charge >= 0.3 is 5.69 Å². The number of anilines is 1. The zero-order valence-corrected chi connectivity index (χ0v) is 10.3. The van der Waals surface area contributed by atoms with Crippen molar-refractivity contribution in [1.29, 1.82) is 0 Å². The molecule has 1 aliphatic rings. The Balaban J connectivity index is 1.91. The van der Waals surface area contributed by atoms with E-state index in [0.29, 0.717) is 5.95 Å². The van der Waals surface area contributed by atoms with Gasteiger partial charge in [-0.2, -0.15) is 4.98 Å². The van der Waals surface area contributed by atoms with Gasteiger partial charge < -0.3 is 16.0 Å². The molecule has 2 aromatic heterocycles. The number of H-pyrrole nitrogens is 3. The summed E-state index contributed by atoms with van der Waals surface area (Å²) in [5.41, 5.74) is 5.51. The molecule has 0 spiro atoms. The molecule has 2 atom stereocenters. The predicted molar refractivity (Wildman–Crippen MR) is 71.2 cm³/mol. The van der Waals surface area contributed by atoms with Crippen LogP contribution < -0.4 is 22.3 Å². The Morgan fingerprint density at radius 2 is 1.95 bits per heavy atom. The lowest BCUT2D eigenvalue weighted by Crippen LogP contribution is -2.42. The third-order valence-corrected chi connectivity index (χ3v) is 3.53. The first kappa shape index (κ1) is 12.0. The van der Waals surface area contributed by atoms with Crippen LogP contribution in [0.4, 0.5) is 5.95 Å². The molecule has 19 heavy (non-hydrogen) atoms. The maximum Gasteiger partial charge on any atom is 0.327 e. The lowest BCUT2D eigenvalue weighted by Gasteiger charge is -2.28. The average molecular weight is 264 g/mol. The molecule has 0 aromatic carbocycles. The minimum Gasteiger partial charge on any atom is -0.351 e. The summed E-state index contributed by atoms with van der Waals surface area (Å²) in [5, 5.41) is 3.20. The summed E-state index contributed by atoms with van der Waals surface area (Å²) in [6, 6.07) is 0.222. The first-order valence-electron chi connectivity index (χ1n) is 6.38. The Hall–Kier alpha value is -2.09. The number of nitrogens with one attached hydrogen (secondary N) is 4. The van der Waals surface area contributed by atoms with Crippen molar-refractivity contribution in [3.63, 3.8) is 0 Å². The summed E-state index contributed by atoms with van der Waals surface area (Å²) in [7, 11) is 0. The molecule has 1 saturated carbocycles. The van der Waals surface area contributed by atoms with Gasteiger partial charge in [-0.25, -0.2) is 4.79 Å². The van der Waals surface area contributed by atoms with Crippen molar-refractivity contribution in [2.45, 2.75) is 37.8 Å². The van der Waals surface area contributed by atoms with Crippen LogP contribution in [0.1, 0.15) is 25.7 Å². The van der Waals surface area contributed by atoms with E-state index in [0.717, 1.165) is 25.7 Å². The van der Waals surface area contributed by atoms with E-state index in [-0.39, 0.29) is 23.2 Å². The smallest absolute Gasteiger partial charge is 0.327 e. The molecule has 0 amide bonds. The molecule has 102 valence electrons. The molecule has 0 aliphatic heterocycles. The van der Waals surface area contributed by atoms with Gasteiger partial charge in [-0.05, 0) is 12.8 Å². The lowest BCUT2D eigenvalue weighted by molar-refractivity contribution is 0.403. The molecule has 1 fully saturated rings. The summed E-state index contributed by atoms with van der Waals surface area (Å²) < 4.78 is 0. The summed E-state index contributed by atoms with van der Waals surface area (Å²) >= 11 is 0. The molecule has 8 heteroatoms. The Labute approximate surface area is 107 Å². The van der Waals surface area contributed by atoms with Gasteiger partial charge in [0.1, 0.15) is 0 Å².